The molecular formula is C30H23OP. The highest BCUT2D eigenvalue weighted by atomic mass is 31.1. The van der Waals surface area contributed by atoms with Crippen molar-refractivity contribution in [1.29, 1.82) is 0 Å². The number of rotatable bonds is 5. The minimum Gasteiger partial charge on any atom is -0.507 e. The van der Waals surface area contributed by atoms with Crippen LogP contribution in [0, 0.1) is 0 Å². The predicted octanol–water partition coefficient (Wildman–Crippen LogP) is 6.48. The quantitative estimate of drug-likeness (QED) is 0.316. The summed E-state index contributed by atoms with van der Waals surface area (Å²) in [5, 5.41) is 14.2. The third kappa shape index (κ3) is 4.08. The number of hydrogen-bond acceptors (Lipinski definition) is 1. The van der Waals surface area contributed by atoms with Crippen molar-refractivity contribution < 1.29 is 5.11 Å². The molecule has 0 aliphatic rings. The Balaban J connectivity index is 1.61. The lowest BCUT2D eigenvalue weighted by Gasteiger charge is -2.22. The Hall–Kier alpha value is -3.67. The number of phenols is 1. The molecule has 0 atom stereocenters. The second kappa shape index (κ2) is 9.22. The summed E-state index contributed by atoms with van der Waals surface area (Å²) in [5.41, 5.74) is 4.29. The minimum absolute atomic E-state index is 0.303. The molecule has 0 unspecified atom stereocenters. The molecule has 0 amide bonds. The van der Waals surface area contributed by atoms with Crippen LogP contribution in [0.4, 0.5) is 0 Å². The molecule has 0 bridgehead atoms. The predicted molar refractivity (Wildman–Crippen MR) is 138 cm³/mol. The van der Waals surface area contributed by atoms with E-state index in [1.54, 1.807) is 6.07 Å². The molecule has 1 N–H and O–H groups in total. The van der Waals surface area contributed by atoms with E-state index in [0.29, 0.717) is 5.75 Å². The van der Waals surface area contributed by atoms with Crippen molar-refractivity contribution in [2.24, 2.45) is 0 Å². The number of para-hydroxylation sites is 1. The molecule has 0 saturated carbocycles. The summed E-state index contributed by atoms with van der Waals surface area (Å²) < 4.78 is 0. The second-order valence-corrected chi connectivity index (χ2v) is 9.80. The molecule has 32 heavy (non-hydrogen) atoms. The van der Waals surface area contributed by atoms with Gasteiger partial charge in [-0.25, -0.2) is 0 Å². The number of benzene rings is 5. The summed E-state index contributed by atoms with van der Waals surface area (Å²) in [4.78, 5) is 0. The van der Waals surface area contributed by atoms with Gasteiger partial charge < -0.3 is 5.11 Å². The van der Waals surface area contributed by atoms with Gasteiger partial charge in [0.25, 0.3) is 0 Å². The zero-order chi connectivity index (χ0) is 21.8. The number of aromatic hydroxyl groups is 1. The molecule has 0 aromatic heterocycles. The third-order valence-corrected chi connectivity index (χ3v) is 8.09. The third-order valence-electron chi connectivity index (χ3n) is 5.58. The van der Waals surface area contributed by atoms with Gasteiger partial charge in [-0.15, -0.1) is 0 Å². The normalized spacial score (nSPS) is 10.9. The van der Waals surface area contributed by atoms with Crippen LogP contribution in [0.2, 0.25) is 0 Å². The van der Waals surface area contributed by atoms with Crippen molar-refractivity contribution in [2.45, 2.75) is 0 Å². The zero-order valence-electron chi connectivity index (χ0n) is 17.6. The molecule has 0 spiro atoms. The van der Waals surface area contributed by atoms with Crippen molar-refractivity contribution in [2.75, 3.05) is 0 Å². The van der Waals surface area contributed by atoms with Crippen LogP contribution in [-0.2, 0) is 0 Å². The minimum atomic E-state index is -0.687. The SMILES string of the molecule is Oc1ccccc1-c1ccc(-c2ccccc2P(c2ccccc2)c2ccccc2)cc1. The van der Waals surface area contributed by atoms with E-state index in [4.69, 9.17) is 0 Å². The standard InChI is InChI=1S/C30H23OP/c31-29-17-9-7-15-27(29)23-19-21-24(22-20-23)28-16-8-10-18-30(28)32(25-11-3-1-4-12-25)26-13-5-2-6-14-26/h1-22,31H. The summed E-state index contributed by atoms with van der Waals surface area (Å²) in [5.74, 6) is 0.303. The fraction of sp³-hybridized carbons (Fsp3) is 0. The molecule has 0 aliphatic heterocycles. The molecule has 0 aliphatic carbocycles. The maximum absolute atomic E-state index is 10.2. The van der Waals surface area contributed by atoms with Gasteiger partial charge in [0.05, 0.1) is 0 Å². The first-order chi connectivity index (χ1) is 15.8. The highest BCUT2D eigenvalue weighted by Crippen LogP contribution is 2.37. The molecular weight excluding hydrogens is 407 g/mol. The molecule has 5 aromatic carbocycles. The Morgan fingerprint density at radius 3 is 1.41 bits per heavy atom. The first kappa shape index (κ1) is 20.2. The topological polar surface area (TPSA) is 20.2 Å². The van der Waals surface area contributed by atoms with Crippen molar-refractivity contribution in [3.05, 3.63) is 133 Å². The monoisotopic (exact) mass is 430 g/mol. The van der Waals surface area contributed by atoms with E-state index in [2.05, 4.69) is 109 Å². The van der Waals surface area contributed by atoms with E-state index in [1.807, 2.05) is 18.2 Å². The summed E-state index contributed by atoms with van der Waals surface area (Å²) >= 11 is 0. The van der Waals surface area contributed by atoms with Crippen molar-refractivity contribution in [3.8, 4) is 28.0 Å². The van der Waals surface area contributed by atoms with Crippen LogP contribution in [0.3, 0.4) is 0 Å². The summed E-state index contributed by atoms with van der Waals surface area (Å²) in [7, 11) is -0.687. The second-order valence-electron chi connectivity index (χ2n) is 7.62. The van der Waals surface area contributed by atoms with Gasteiger partial charge in [-0.1, -0.05) is 127 Å². The van der Waals surface area contributed by atoms with E-state index < -0.39 is 7.92 Å². The molecule has 154 valence electrons. The number of hydrogen-bond donors (Lipinski definition) is 1. The average Bonchev–Trinajstić information content (AvgIpc) is 2.86. The average molecular weight is 430 g/mol. The molecule has 5 rings (SSSR count). The summed E-state index contributed by atoms with van der Waals surface area (Å²) in [6.45, 7) is 0. The lowest BCUT2D eigenvalue weighted by Crippen LogP contribution is -2.21. The van der Waals surface area contributed by atoms with Crippen molar-refractivity contribution >= 4 is 23.8 Å². The number of phenolic OH excluding ortho intramolecular Hbond substituents is 1. The van der Waals surface area contributed by atoms with Crippen molar-refractivity contribution in [1.82, 2.24) is 0 Å². The maximum Gasteiger partial charge on any atom is 0.123 e. The first-order valence-electron chi connectivity index (χ1n) is 10.7. The molecule has 0 radical (unpaired) electrons. The van der Waals surface area contributed by atoms with Gasteiger partial charge in [-0.3, -0.25) is 0 Å². The van der Waals surface area contributed by atoms with Gasteiger partial charge >= 0.3 is 0 Å². The van der Waals surface area contributed by atoms with Crippen molar-refractivity contribution in [3.63, 3.8) is 0 Å². The van der Waals surface area contributed by atoms with Gasteiger partial charge in [0.1, 0.15) is 5.75 Å². The summed E-state index contributed by atoms with van der Waals surface area (Å²) in [6.07, 6.45) is 0. The van der Waals surface area contributed by atoms with Crippen LogP contribution in [0.25, 0.3) is 22.3 Å². The molecule has 0 saturated heterocycles. The Morgan fingerprint density at radius 2 is 0.844 bits per heavy atom. The van der Waals surface area contributed by atoms with Gasteiger partial charge in [0.15, 0.2) is 0 Å². The maximum atomic E-state index is 10.2. The molecule has 0 fully saturated rings. The van der Waals surface area contributed by atoms with Crippen LogP contribution in [-0.4, -0.2) is 5.11 Å². The lowest BCUT2D eigenvalue weighted by atomic mass is 10.00. The van der Waals surface area contributed by atoms with Crippen LogP contribution in [0.1, 0.15) is 0 Å². The van der Waals surface area contributed by atoms with Gasteiger partial charge in [0.2, 0.25) is 0 Å². The Kier molecular flexibility index (Phi) is 5.83. The first-order valence-corrected chi connectivity index (χ1v) is 12.0. The van der Waals surface area contributed by atoms with E-state index in [9.17, 15) is 5.11 Å². The van der Waals surface area contributed by atoms with Crippen LogP contribution in [0.15, 0.2) is 133 Å². The molecule has 2 heteroatoms. The molecule has 0 heterocycles. The zero-order valence-corrected chi connectivity index (χ0v) is 18.5. The summed E-state index contributed by atoms with van der Waals surface area (Å²) in [6, 6.07) is 46.3. The molecule has 1 nitrogen and oxygen atoms in total. The Labute approximate surface area is 190 Å². The fourth-order valence-corrected chi connectivity index (χ4v) is 6.52. The fourth-order valence-electron chi connectivity index (χ4n) is 4.04. The van der Waals surface area contributed by atoms with Crippen LogP contribution >= 0.6 is 7.92 Å². The van der Waals surface area contributed by atoms with Gasteiger partial charge in [-0.2, -0.15) is 0 Å². The van der Waals surface area contributed by atoms with Gasteiger partial charge in [0, 0.05) is 5.56 Å². The Bertz CT molecular complexity index is 1270. The van der Waals surface area contributed by atoms with E-state index in [1.165, 1.54) is 27.0 Å². The lowest BCUT2D eigenvalue weighted by molar-refractivity contribution is 0.477. The van der Waals surface area contributed by atoms with Crippen LogP contribution < -0.4 is 15.9 Å². The van der Waals surface area contributed by atoms with E-state index in [-0.39, 0.29) is 0 Å². The largest absolute Gasteiger partial charge is 0.507 e. The highest BCUT2D eigenvalue weighted by Gasteiger charge is 2.19. The van der Waals surface area contributed by atoms with Crippen LogP contribution in [0.5, 0.6) is 5.75 Å². The highest BCUT2D eigenvalue weighted by molar-refractivity contribution is 7.80. The smallest absolute Gasteiger partial charge is 0.123 e. The Morgan fingerprint density at radius 1 is 0.406 bits per heavy atom. The van der Waals surface area contributed by atoms with E-state index in [0.717, 1.165) is 11.1 Å². The van der Waals surface area contributed by atoms with Gasteiger partial charge in [-0.05, 0) is 46.6 Å². The van der Waals surface area contributed by atoms with E-state index >= 15 is 0 Å². The molecule has 5 aromatic rings.